The quantitative estimate of drug-likeness (QED) is 0.941. The molecule has 0 amide bonds. The number of nitrogens with zero attached hydrogens (tertiary/aromatic N) is 3. The molecule has 0 saturated carbocycles. The molecular weight excluding hydrogens is 280 g/mol. The van der Waals surface area contributed by atoms with Crippen molar-refractivity contribution < 1.29 is 0 Å². The van der Waals surface area contributed by atoms with Crippen LogP contribution in [-0.4, -0.2) is 35.1 Å². The molecule has 5 heteroatoms. The van der Waals surface area contributed by atoms with Crippen molar-refractivity contribution in [3.05, 3.63) is 17.3 Å². The van der Waals surface area contributed by atoms with Crippen molar-refractivity contribution >= 4 is 27.4 Å². The van der Waals surface area contributed by atoms with Crippen LogP contribution in [0.15, 0.2) is 12.4 Å². The average Bonchev–Trinajstić information content (AvgIpc) is 2.97. The van der Waals surface area contributed by atoms with Gasteiger partial charge in [0.15, 0.2) is 0 Å². The van der Waals surface area contributed by atoms with Crippen LogP contribution in [0, 0.1) is 0 Å². The summed E-state index contributed by atoms with van der Waals surface area (Å²) in [5.41, 5.74) is 0. The molecule has 2 aromatic rings. The fourth-order valence-electron chi connectivity index (χ4n) is 3.06. The third-order valence-corrected chi connectivity index (χ3v) is 5.63. The molecular formula is C16H24N4S. The Balaban J connectivity index is 2.02. The summed E-state index contributed by atoms with van der Waals surface area (Å²) >= 11 is 1.80. The molecule has 3 rings (SSSR count). The van der Waals surface area contributed by atoms with Crippen LogP contribution in [0.4, 0.5) is 5.82 Å². The fourth-order valence-corrected chi connectivity index (χ4v) is 3.99. The fraction of sp³-hybridized carbons (Fsp3) is 0.625. The minimum atomic E-state index is 0.524. The van der Waals surface area contributed by atoms with Crippen LogP contribution in [0.1, 0.15) is 38.5 Å². The predicted octanol–water partition coefficient (Wildman–Crippen LogP) is 3.22. The normalized spacial score (nSPS) is 22.9. The monoisotopic (exact) mass is 304 g/mol. The minimum absolute atomic E-state index is 0.524. The Morgan fingerprint density at radius 3 is 2.86 bits per heavy atom. The molecule has 0 spiro atoms. The smallest absolute Gasteiger partial charge is 0.141 e. The SMILES string of the molecule is CCc1cc2c(N3CC(CC)NCC3CC)ncnc2s1. The van der Waals surface area contributed by atoms with E-state index in [1.165, 1.54) is 10.3 Å². The van der Waals surface area contributed by atoms with Gasteiger partial charge in [0.1, 0.15) is 17.0 Å². The third kappa shape index (κ3) is 2.77. The summed E-state index contributed by atoms with van der Waals surface area (Å²) in [4.78, 5) is 14.1. The number of anilines is 1. The van der Waals surface area contributed by atoms with Crippen LogP contribution in [0.5, 0.6) is 0 Å². The number of piperazine rings is 1. The highest BCUT2D eigenvalue weighted by atomic mass is 32.1. The van der Waals surface area contributed by atoms with Crippen molar-refractivity contribution in [2.75, 3.05) is 18.0 Å². The van der Waals surface area contributed by atoms with Crippen molar-refractivity contribution in [3.63, 3.8) is 0 Å². The summed E-state index contributed by atoms with van der Waals surface area (Å²) in [7, 11) is 0. The lowest BCUT2D eigenvalue weighted by atomic mass is 10.0. The molecule has 2 aromatic heterocycles. The van der Waals surface area contributed by atoms with Crippen LogP contribution in [0.25, 0.3) is 10.2 Å². The highest BCUT2D eigenvalue weighted by molar-refractivity contribution is 7.18. The molecule has 0 aliphatic carbocycles. The zero-order chi connectivity index (χ0) is 14.8. The van der Waals surface area contributed by atoms with Gasteiger partial charge >= 0.3 is 0 Å². The summed E-state index contributed by atoms with van der Waals surface area (Å²) < 4.78 is 0. The Labute approximate surface area is 130 Å². The molecule has 114 valence electrons. The summed E-state index contributed by atoms with van der Waals surface area (Å²) in [6, 6.07) is 3.36. The van der Waals surface area contributed by atoms with E-state index in [1.54, 1.807) is 17.7 Å². The third-order valence-electron chi connectivity index (χ3n) is 4.44. The van der Waals surface area contributed by atoms with Crippen molar-refractivity contribution in [2.45, 2.75) is 52.1 Å². The van der Waals surface area contributed by atoms with E-state index < -0.39 is 0 Å². The van der Waals surface area contributed by atoms with E-state index in [0.29, 0.717) is 12.1 Å². The second-order valence-electron chi connectivity index (χ2n) is 5.71. The largest absolute Gasteiger partial charge is 0.350 e. The molecule has 21 heavy (non-hydrogen) atoms. The predicted molar refractivity (Wildman–Crippen MR) is 90.3 cm³/mol. The van der Waals surface area contributed by atoms with Gasteiger partial charge in [-0.05, 0) is 25.3 Å². The number of aryl methyl sites for hydroxylation is 1. The average molecular weight is 304 g/mol. The molecule has 2 atom stereocenters. The van der Waals surface area contributed by atoms with Gasteiger partial charge in [0.05, 0.1) is 5.39 Å². The number of aromatic nitrogens is 2. The Morgan fingerprint density at radius 2 is 2.14 bits per heavy atom. The summed E-state index contributed by atoms with van der Waals surface area (Å²) in [6.07, 6.45) is 5.09. The maximum Gasteiger partial charge on any atom is 0.141 e. The zero-order valence-corrected chi connectivity index (χ0v) is 13.9. The molecule has 2 unspecified atom stereocenters. The standard InChI is InChI=1S/C16H24N4S/c1-4-11-9-20(12(5-2)8-17-11)15-14-7-13(6-3)21-16(14)19-10-18-15/h7,10-12,17H,4-6,8-9H2,1-3H3. The number of rotatable bonds is 4. The molecule has 1 aliphatic rings. The second kappa shape index (κ2) is 6.28. The van der Waals surface area contributed by atoms with Gasteiger partial charge in [-0.25, -0.2) is 9.97 Å². The van der Waals surface area contributed by atoms with Gasteiger partial charge in [0, 0.05) is 30.1 Å². The van der Waals surface area contributed by atoms with E-state index in [0.717, 1.165) is 43.0 Å². The van der Waals surface area contributed by atoms with Gasteiger partial charge in [-0.3, -0.25) is 0 Å². The van der Waals surface area contributed by atoms with Crippen LogP contribution in [0.3, 0.4) is 0 Å². The molecule has 0 bridgehead atoms. The first kappa shape index (κ1) is 14.7. The van der Waals surface area contributed by atoms with Gasteiger partial charge in [0.25, 0.3) is 0 Å². The molecule has 3 heterocycles. The number of thiophene rings is 1. The van der Waals surface area contributed by atoms with E-state index in [4.69, 9.17) is 0 Å². The minimum Gasteiger partial charge on any atom is -0.350 e. The first-order valence-corrected chi connectivity index (χ1v) is 8.81. The molecule has 0 radical (unpaired) electrons. The maximum absolute atomic E-state index is 4.64. The second-order valence-corrected chi connectivity index (χ2v) is 6.83. The van der Waals surface area contributed by atoms with Crippen LogP contribution in [-0.2, 0) is 6.42 Å². The molecule has 0 aromatic carbocycles. The van der Waals surface area contributed by atoms with Crippen LogP contribution < -0.4 is 10.2 Å². The molecule has 1 fully saturated rings. The van der Waals surface area contributed by atoms with Crippen molar-refractivity contribution in [3.8, 4) is 0 Å². The highest BCUT2D eigenvalue weighted by Gasteiger charge is 2.28. The zero-order valence-electron chi connectivity index (χ0n) is 13.1. The summed E-state index contributed by atoms with van der Waals surface area (Å²) in [5.74, 6) is 1.13. The lowest BCUT2D eigenvalue weighted by Crippen LogP contribution is -2.56. The van der Waals surface area contributed by atoms with Gasteiger partial charge in [0.2, 0.25) is 0 Å². The Kier molecular flexibility index (Phi) is 4.40. The number of fused-ring (bicyclic) bond motifs is 1. The van der Waals surface area contributed by atoms with Gasteiger partial charge in [-0.1, -0.05) is 20.8 Å². The van der Waals surface area contributed by atoms with Crippen molar-refractivity contribution in [2.24, 2.45) is 0 Å². The van der Waals surface area contributed by atoms with E-state index in [9.17, 15) is 0 Å². The maximum atomic E-state index is 4.64. The number of hydrogen-bond acceptors (Lipinski definition) is 5. The lowest BCUT2D eigenvalue weighted by Gasteiger charge is -2.41. The Morgan fingerprint density at radius 1 is 1.29 bits per heavy atom. The summed E-state index contributed by atoms with van der Waals surface area (Å²) in [5, 5.41) is 4.88. The number of nitrogens with one attached hydrogen (secondary N) is 1. The van der Waals surface area contributed by atoms with E-state index in [1.807, 2.05) is 0 Å². The first-order valence-electron chi connectivity index (χ1n) is 8.00. The van der Waals surface area contributed by atoms with Crippen molar-refractivity contribution in [1.82, 2.24) is 15.3 Å². The molecule has 1 N–H and O–H groups in total. The van der Waals surface area contributed by atoms with Gasteiger partial charge < -0.3 is 10.2 Å². The van der Waals surface area contributed by atoms with E-state index in [2.05, 4.69) is 47.0 Å². The Hall–Kier alpha value is -1.20. The Bertz CT molecular complexity index is 609. The number of hydrogen-bond donors (Lipinski definition) is 1. The molecule has 1 aliphatic heterocycles. The first-order chi connectivity index (χ1) is 10.3. The molecule has 1 saturated heterocycles. The van der Waals surface area contributed by atoms with E-state index >= 15 is 0 Å². The topological polar surface area (TPSA) is 41.0 Å². The highest BCUT2D eigenvalue weighted by Crippen LogP contribution is 2.32. The van der Waals surface area contributed by atoms with Gasteiger partial charge in [-0.2, -0.15) is 0 Å². The van der Waals surface area contributed by atoms with E-state index in [-0.39, 0.29) is 0 Å². The van der Waals surface area contributed by atoms with Crippen molar-refractivity contribution in [1.29, 1.82) is 0 Å². The van der Waals surface area contributed by atoms with Crippen LogP contribution in [0.2, 0.25) is 0 Å². The lowest BCUT2D eigenvalue weighted by molar-refractivity contribution is 0.377. The van der Waals surface area contributed by atoms with Gasteiger partial charge in [-0.15, -0.1) is 11.3 Å². The molecule has 4 nitrogen and oxygen atoms in total. The summed E-state index contributed by atoms with van der Waals surface area (Å²) in [6.45, 7) is 8.79. The van der Waals surface area contributed by atoms with Crippen LogP contribution >= 0.6 is 11.3 Å².